The summed E-state index contributed by atoms with van der Waals surface area (Å²) in [6.45, 7) is 0.525. The Kier molecular flexibility index (Phi) is 4.76. The third-order valence-electron chi connectivity index (χ3n) is 3.49. The number of benzene rings is 2. The van der Waals surface area contributed by atoms with Gasteiger partial charge in [-0.2, -0.15) is 5.10 Å². The Labute approximate surface area is 148 Å². The maximum atomic E-state index is 12.5. The van der Waals surface area contributed by atoms with Crippen LogP contribution in [0.5, 0.6) is 0 Å². The van der Waals surface area contributed by atoms with Gasteiger partial charge in [-0.3, -0.25) is 4.79 Å². The molecule has 4 nitrogen and oxygen atoms in total. The third-order valence-corrected chi connectivity index (χ3v) is 4.17. The molecule has 3 aromatic rings. The van der Waals surface area contributed by atoms with Crippen LogP contribution < -0.4 is 0 Å². The fraction of sp³-hybridized carbons (Fsp3) is 0.111. The Morgan fingerprint density at radius 2 is 1.96 bits per heavy atom. The van der Waals surface area contributed by atoms with Crippen molar-refractivity contribution < 1.29 is 4.79 Å². The van der Waals surface area contributed by atoms with Crippen LogP contribution in [-0.2, 0) is 6.54 Å². The number of para-hydroxylation sites is 1. The van der Waals surface area contributed by atoms with E-state index in [4.69, 9.17) is 0 Å². The summed E-state index contributed by atoms with van der Waals surface area (Å²) in [4.78, 5) is 14.2. The van der Waals surface area contributed by atoms with Gasteiger partial charge in [0.1, 0.15) is 0 Å². The summed E-state index contributed by atoms with van der Waals surface area (Å²) < 4.78 is 2.87. The lowest BCUT2D eigenvalue weighted by Gasteiger charge is -2.16. The van der Waals surface area contributed by atoms with Gasteiger partial charge in [0.15, 0.2) is 0 Å². The van der Waals surface area contributed by atoms with Gasteiger partial charge in [0.2, 0.25) is 0 Å². The molecule has 1 aromatic heterocycles. The number of nitrogens with zero attached hydrogens (tertiary/aromatic N) is 3. The second-order valence-electron chi connectivity index (χ2n) is 5.30. The van der Waals surface area contributed by atoms with Gasteiger partial charge in [-0.1, -0.05) is 24.3 Å². The molecule has 2 aromatic carbocycles. The molecule has 23 heavy (non-hydrogen) atoms. The third kappa shape index (κ3) is 3.79. The molecule has 0 aliphatic rings. The van der Waals surface area contributed by atoms with Crippen molar-refractivity contribution in [1.82, 2.24) is 14.7 Å². The van der Waals surface area contributed by atoms with E-state index in [9.17, 15) is 4.79 Å². The zero-order valence-corrected chi connectivity index (χ0v) is 14.8. The highest BCUT2D eigenvalue weighted by molar-refractivity contribution is 14.1. The smallest absolute Gasteiger partial charge is 0.253 e. The number of rotatable bonds is 4. The fourth-order valence-electron chi connectivity index (χ4n) is 2.35. The van der Waals surface area contributed by atoms with Crippen LogP contribution in [0.3, 0.4) is 0 Å². The monoisotopic (exact) mass is 417 g/mol. The van der Waals surface area contributed by atoms with Crippen LogP contribution in [0, 0.1) is 3.57 Å². The Balaban J connectivity index is 1.72. The molecule has 0 bridgehead atoms. The van der Waals surface area contributed by atoms with E-state index < -0.39 is 0 Å². The van der Waals surface area contributed by atoms with E-state index >= 15 is 0 Å². The molecule has 0 spiro atoms. The zero-order valence-electron chi connectivity index (χ0n) is 12.7. The number of hydrogen-bond donors (Lipinski definition) is 0. The largest absolute Gasteiger partial charge is 0.337 e. The number of hydrogen-bond acceptors (Lipinski definition) is 2. The summed E-state index contributed by atoms with van der Waals surface area (Å²) in [5.41, 5.74) is 2.70. The van der Waals surface area contributed by atoms with Gasteiger partial charge in [0.25, 0.3) is 5.91 Å². The lowest BCUT2D eigenvalue weighted by molar-refractivity contribution is 0.0785. The molecular weight excluding hydrogens is 401 g/mol. The van der Waals surface area contributed by atoms with Crippen LogP contribution >= 0.6 is 22.6 Å². The summed E-state index contributed by atoms with van der Waals surface area (Å²) in [5.74, 6) is 0.0102. The Bertz CT molecular complexity index is 814. The second-order valence-corrected chi connectivity index (χ2v) is 6.55. The summed E-state index contributed by atoms with van der Waals surface area (Å²) >= 11 is 2.21. The predicted molar refractivity (Wildman–Crippen MR) is 98.5 cm³/mol. The Morgan fingerprint density at radius 1 is 1.17 bits per heavy atom. The highest BCUT2D eigenvalue weighted by Crippen LogP contribution is 2.13. The van der Waals surface area contributed by atoms with E-state index in [0.717, 1.165) is 14.8 Å². The van der Waals surface area contributed by atoms with Crippen LogP contribution in [0.25, 0.3) is 5.69 Å². The number of aromatic nitrogens is 2. The molecule has 0 saturated carbocycles. The molecule has 0 aliphatic heterocycles. The van der Waals surface area contributed by atoms with Crippen LogP contribution in [0.1, 0.15) is 15.9 Å². The summed E-state index contributed by atoms with van der Waals surface area (Å²) in [6.07, 6.45) is 3.75. The van der Waals surface area contributed by atoms with Crippen molar-refractivity contribution in [3.63, 3.8) is 0 Å². The molecule has 0 unspecified atom stereocenters. The number of amides is 1. The Morgan fingerprint density at radius 3 is 2.70 bits per heavy atom. The van der Waals surface area contributed by atoms with E-state index in [-0.39, 0.29) is 5.91 Å². The van der Waals surface area contributed by atoms with Gasteiger partial charge >= 0.3 is 0 Å². The number of carbonyl (C=O) groups excluding carboxylic acids is 1. The van der Waals surface area contributed by atoms with Crippen molar-refractivity contribution in [2.24, 2.45) is 0 Å². The number of carbonyl (C=O) groups is 1. The van der Waals surface area contributed by atoms with Gasteiger partial charge in [0, 0.05) is 34.5 Å². The van der Waals surface area contributed by atoms with E-state index in [2.05, 4.69) is 27.7 Å². The molecule has 3 rings (SSSR count). The summed E-state index contributed by atoms with van der Waals surface area (Å²) in [7, 11) is 1.81. The normalized spacial score (nSPS) is 10.5. The van der Waals surface area contributed by atoms with Gasteiger partial charge < -0.3 is 4.90 Å². The van der Waals surface area contributed by atoms with Crippen molar-refractivity contribution in [3.05, 3.63) is 81.7 Å². The van der Waals surface area contributed by atoms with Gasteiger partial charge in [-0.15, -0.1) is 0 Å². The summed E-state index contributed by atoms with van der Waals surface area (Å²) in [5, 5.41) is 4.36. The van der Waals surface area contributed by atoms with Crippen molar-refractivity contribution in [2.75, 3.05) is 7.05 Å². The first-order chi connectivity index (χ1) is 11.1. The van der Waals surface area contributed by atoms with E-state index in [1.54, 1.807) is 11.1 Å². The average Bonchev–Trinajstić information content (AvgIpc) is 3.03. The van der Waals surface area contributed by atoms with Crippen LogP contribution in [0.4, 0.5) is 0 Å². The topological polar surface area (TPSA) is 38.1 Å². The van der Waals surface area contributed by atoms with Crippen molar-refractivity contribution in [3.8, 4) is 5.69 Å². The molecule has 1 heterocycles. The minimum Gasteiger partial charge on any atom is -0.337 e. The zero-order chi connectivity index (χ0) is 16.2. The minimum absolute atomic E-state index is 0.0102. The molecule has 0 radical (unpaired) electrons. The molecule has 0 atom stereocenters. The maximum Gasteiger partial charge on any atom is 0.253 e. The van der Waals surface area contributed by atoms with Crippen molar-refractivity contribution in [2.45, 2.75) is 6.54 Å². The molecule has 0 fully saturated rings. The standard InChI is InChI=1S/C18H16IN3O/c1-21(18(23)15-6-5-7-16(19)10-15)12-14-11-20-22(13-14)17-8-3-2-4-9-17/h2-11,13H,12H2,1H3. The van der Waals surface area contributed by atoms with E-state index in [1.165, 1.54) is 0 Å². The predicted octanol–water partition coefficient (Wildman–Crippen LogP) is 3.75. The lowest BCUT2D eigenvalue weighted by Crippen LogP contribution is -2.26. The number of halogens is 1. The second kappa shape index (κ2) is 6.95. The average molecular weight is 417 g/mol. The quantitative estimate of drug-likeness (QED) is 0.607. The van der Waals surface area contributed by atoms with E-state index in [1.807, 2.05) is 72.5 Å². The molecule has 0 N–H and O–H groups in total. The highest BCUT2D eigenvalue weighted by atomic mass is 127. The molecule has 0 aliphatic carbocycles. The molecule has 0 saturated heterocycles. The van der Waals surface area contributed by atoms with Gasteiger partial charge in [0.05, 0.1) is 11.9 Å². The highest BCUT2D eigenvalue weighted by Gasteiger charge is 2.13. The molecule has 5 heteroatoms. The van der Waals surface area contributed by atoms with Crippen LogP contribution in [0.15, 0.2) is 67.0 Å². The first-order valence-electron chi connectivity index (χ1n) is 7.23. The molecular formula is C18H16IN3O. The van der Waals surface area contributed by atoms with E-state index in [0.29, 0.717) is 12.1 Å². The first kappa shape index (κ1) is 15.7. The molecule has 1 amide bonds. The van der Waals surface area contributed by atoms with Crippen LogP contribution in [0.2, 0.25) is 0 Å². The van der Waals surface area contributed by atoms with Gasteiger partial charge in [-0.05, 0) is 52.9 Å². The SMILES string of the molecule is CN(Cc1cnn(-c2ccccc2)c1)C(=O)c1cccc(I)c1. The summed E-state index contributed by atoms with van der Waals surface area (Å²) in [6, 6.07) is 17.5. The molecule has 116 valence electrons. The van der Waals surface area contributed by atoms with Crippen molar-refractivity contribution in [1.29, 1.82) is 0 Å². The minimum atomic E-state index is 0.0102. The van der Waals surface area contributed by atoms with Gasteiger partial charge in [-0.25, -0.2) is 4.68 Å². The van der Waals surface area contributed by atoms with Crippen LogP contribution in [-0.4, -0.2) is 27.6 Å². The Hall–Kier alpha value is -2.15. The first-order valence-corrected chi connectivity index (χ1v) is 8.31. The van der Waals surface area contributed by atoms with Crippen molar-refractivity contribution >= 4 is 28.5 Å². The fourth-order valence-corrected chi connectivity index (χ4v) is 2.89. The maximum absolute atomic E-state index is 12.5. The lowest BCUT2D eigenvalue weighted by atomic mass is 10.2.